The van der Waals surface area contributed by atoms with Gasteiger partial charge >= 0.3 is 0 Å². The third-order valence-electron chi connectivity index (χ3n) is 6.13. The fraction of sp³-hybridized carbons (Fsp3) is 0.308. The summed E-state index contributed by atoms with van der Waals surface area (Å²) in [5, 5.41) is 1.17. The van der Waals surface area contributed by atoms with Crippen LogP contribution in [0.25, 0.3) is 0 Å². The van der Waals surface area contributed by atoms with E-state index in [0.717, 1.165) is 24.8 Å². The van der Waals surface area contributed by atoms with Gasteiger partial charge in [-0.05, 0) is 71.1 Å². The lowest BCUT2D eigenvalue weighted by Gasteiger charge is -2.27. The summed E-state index contributed by atoms with van der Waals surface area (Å²) in [7, 11) is -1.46. The molecule has 4 atom stereocenters. The highest BCUT2D eigenvalue weighted by molar-refractivity contribution is 7.85. The molecule has 164 valence electrons. The van der Waals surface area contributed by atoms with Crippen LogP contribution in [0.4, 0.5) is 0 Å². The normalized spacial score (nSPS) is 14.7. The van der Waals surface area contributed by atoms with Crippen LogP contribution in [0, 0.1) is 0 Å². The smallest absolute Gasteiger partial charge is 0.282 e. The van der Waals surface area contributed by atoms with E-state index in [0.29, 0.717) is 11.8 Å². The molecule has 0 aliphatic rings. The summed E-state index contributed by atoms with van der Waals surface area (Å²) in [6.07, 6.45) is 2.98. The minimum atomic E-state index is -4.19. The lowest BCUT2D eigenvalue weighted by atomic mass is 9.78. The van der Waals surface area contributed by atoms with Crippen LogP contribution in [0.3, 0.4) is 0 Å². The van der Waals surface area contributed by atoms with Crippen LogP contribution in [0.5, 0.6) is 0 Å². The highest BCUT2D eigenvalue weighted by atomic mass is 32.2. The van der Waals surface area contributed by atoms with Gasteiger partial charge in [-0.25, -0.2) is 0 Å². The van der Waals surface area contributed by atoms with E-state index < -0.39 is 10.1 Å². The fourth-order valence-corrected chi connectivity index (χ4v) is 4.95. The van der Waals surface area contributed by atoms with E-state index >= 15 is 0 Å². The highest BCUT2D eigenvalue weighted by Gasteiger charge is 2.22. The first-order chi connectivity index (χ1) is 14.8. The largest absolute Gasteiger partial charge is 0.294 e. The molecule has 0 bridgehead atoms. The van der Waals surface area contributed by atoms with Gasteiger partial charge in [-0.2, -0.15) is 8.42 Å². The lowest BCUT2D eigenvalue weighted by molar-refractivity contribution is 0.466. The molecule has 3 aromatic rings. The summed E-state index contributed by atoms with van der Waals surface area (Å²) < 4.78 is 32.3. The molecule has 0 aromatic heterocycles. The van der Waals surface area contributed by atoms with Crippen molar-refractivity contribution in [1.82, 2.24) is 0 Å². The zero-order valence-electron chi connectivity index (χ0n) is 18.1. The molecule has 0 saturated carbocycles. The average molecular weight is 455 g/mol. The summed E-state index contributed by atoms with van der Waals surface area (Å²) in [5.74, 6) is 1.06. The highest BCUT2D eigenvalue weighted by Crippen LogP contribution is 2.38. The SMILES string of the molecule is CCC(CC(CC(C)c1ccccc1)c1ccc(S(=O)(=O)O)cc1)c1ccc(P)cc1. The van der Waals surface area contributed by atoms with E-state index in [-0.39, 0.29) is 10.8 Å². The summed E-state index contributed by atoms with van der Waals surface area (Å²) in [6, 6.07) is 25.9. The van der Waals surface area contributed by atoms with Gasteiger partial charge in [-0.1, -0.05) is 80.6 Å². The number of rotatable bonds is 9. The van der Waals surface area contributed by atoms with Gasteiger partial charge in [0.15, 0.2) is 0 Å². The fourth-order valence-electron chi connectivity index (χ4n) is 4.27. The van der Waals surface area contributed by atoms with Crippen molar-refractivity contribution in [3.05, 3.63) is 95.6 Å². The third kappa shape index (κ3) is 6.49. The van der Waals surface area contributed by atoms with E-state index in [1.807, 2.05) is 18.2 Å². The molecule has 0 aliphatic carbocycles. The van der Waals surface area contributed by atoms with Crippen molar-refractivity contribution in [3.8, 4) is 0 Å². The quantitative estimate of drug-likeness (QED) is 0.305. The minimum absolute atomic E-state index is 0.0609. The van der Waals surface area contributed by atoms with Crippen LogP contribution < -0.4 is 5.30 Å². The monoisotopic (exact) mass is 454 g/mol. The maximum Gasteiger partial charge on any atom is 0.294 e. The summed E-state index contributed by atoms with van der Waals surface area (Å²) in [6.45, 7) is 4.47. The molecule has 31 heavy (non-hydrogen) atoms. The molecule has 0 saturated heterocycles. The molecule has 0 aliphatic heterocycles. The second-order valence-electron chi connectivity index (χ2n) is 8.30. The van der Waals surface area contributed by atoms with Crippen LogP contribution in [0.1, 0.15) is 67.6 Å². The predicted octanol–water partition coefficient (Wildman–Crippen LogP) is 6.30. The Morgan fingerprint density at radius 3 is 1.87 bits per heavy atom. The van der Waals surface area contributed by atoms with Gasteiger partial charge in [0.2, 0.25) is 0 Å². The van der Waals surface area contributed by atoms with Gasteiger partial charge in [0, 0.05) is 0 Å². The maximum absolute atomic E-state index is 11.5. The van der Waals surface area contributed by atoms with E-state index in [4.69, 9.17) is 0 Å². The molecule has 0 fully saturated rings. The van der Waals surface area contributed by atoms with Gasteiger partial charge in [0.25, 0.3) is 10.1 Å². The van der Waals surface area contributed by atoms with Crippen molar-refractivity contribution in [3.63, 3.8) is 0 Å². The van der Waals surface area contributed by atoms with E-state index in [2.05, 4.69) is 71.6 Å². The molecule has 0 radical (unpaired) electrons. The Bertz CT molecular complexity index is 1060. The molecule has 1 N–H and O–H groups in total. The Hall–Kier alpha value is -2.00. The topological polar surface area (TPSA) is 54.4 Å². The molecule has 0 heterocycles. The molecule has 3 aromatic carbocycles. The Kier molecular flexibility index (Phi) is 8.05. The second-order valence-corrected chi connectivity index (χ2v) is 10.4. The lowest BCUT2D eigenvalue weighted by Crippen LogP contribution is -2.10. The molecule has 3 rings (SSSR count). The molecule has 0 spiro atoms. The van der Waals surface area contributed by atoms with E-state index in [1.165, 1.54) is 28.6 Å². The Labute approximate surface area is 188 Å². The van der Waals surface area contributed by atoms with Crippen molar-refractivity contribution >= 4 is 24.7 Å². The summed E-state index contributed by atoms with van der Waals surface area (Å²) in [5.41, 5.74) is 3.75. The number of benzene rings is 3. The average Bonchev–Trinajstić information content (AvgIpc) is 2.77. The zero-order valence-corrected chi connectivity index (χ0v) is 20.1. The molecular weight excluding hydrogens is 423 g/mol. The van der Waals surface area contributed by atoms with Crippen LogP contribution in [-0.4, -0.2) is 13.0 Å². The first kappa shape index (κ1) is 23.7. The van der Waals surface area contributed by atoms with Crippen molar-refractivity contribution < 1.29 is 13.0 Å². The van der Waals surface area contributed by atoms with Crippen LogP contribution in [0.15, 0.2) is 83.8 Å². The van der Waals surface area contributed by atoms with Crippen molar-refractivity contribution in [2.45, 2.75) is 55.8 Å². The van der Waals surface area contributed by atoms with E-state index in [1.54, 1.807) is 0 Å². The van der Waals surface area contributed by atoms with Crippen molar-refractivity contribution in [1.29, 1.82) is 0 Å². The molecule has 4 unspecified atom stereocenters. The van der Waals surface area contributed by atoms with Gasteiger partial charge in [0.05, 0.1) is 4.90 Å². The Morgan fingerprint density at radius 2 is 1.32 bits per heavy atom. The van der Waals surface area contributed by atoms with Crippen LogP contribution in [0.2, 0.25) is 0 Å². The summed E-state index contributed by atoms with van der Waals surface area (Å²) >= 11 is 0. The van der Waals surface area contributed by atoms with Gasteiger partial charge in [-0.15, -0.1) is 9.24 Å². The molecule has 5 heteroatoms. The van der Waals surface area contributed by atoms with Crippen LogP contribution >= 0.6 is 9.24 Å². The number of hydrogen-bond donors (Lipinski definition) is 1. The minimum Gasteiger partial charge on any atom is -0.282 e. The van der Waals surface area contributed by atoms with Crippen LogP contribution in [-0.2, 0) is 10.1 Å². The van der Waals surface area contributed by atoms with Gasteiger partial charge in [-0.3, -0.25) is 4.55 Å². The summed E-state index contributed by atoms with van der Waals surface area (Å²) in [4.78, 5) is -0.0609. The molecule has 0 amide bonds. The second kappa shape index (κ2) is 10.5. The van der Waals surface area contributed by atoms with Gasteiger partial charge < -0.3 is 0 Å². The molecular formula is C26H31O3PS. The first-order valence-corrected chi connectivity index (χ1v) is 12.8. The Balaban J connectivity index is 1.90. The van der Waals surface area contributed by atoms with Crippen molar-refractivity contribution in [2.24, 2.45) is 0 Å². The predicted molar refractivity (Wildman–Crippen MR) is 132 cm³/mol. The molecule has 3 nitrogen and oxygen atoms in total. The van der Waals surface area contributed by atoms with Gasteiger partial charge in [0.1, 0.15) is 0 Å². The first-order valence-electron chi connectivity index (χ1n) is 10.8. The Morgan fingerprint density at radius 1 is 0.774 bits per heavy atom. The number of hydrogen-bond acceptors (Lipinski definition) is 2. The zero-order chi connectivity index (χ0) is 22.4. The van der Waals surface area contributed by atoms with Crippen molar-refractivity contribution in [2.75, 3.05) is 0 Å². The maximum atomic E-state index is 11.5. The third-order valence-corrected chi connectivity index (χ3v) is 7.38. The standard InChI is InChI=1S/C26H31O3PS/c1-3-20(22-9-13-25(30)14-10-22)18-24(17-19(2)21-7-5-4-6-8-21)23-11-15-26(16-12-23)31(27,28)29/h4-16,19-20,24H,3,17-18,30H2,1-2H3,(H,27,28,29). The van der Waals surface area contributed by atoms with E-state index in [9.17, 15) is 13.0 Å².